The van der Waals surface area contributed by atoms with Gasteiger partial charge in [0.1, 0.15) is 0 Å². The summed E-state index contributed by atoms with van der Waals surface area (Å²) in [6, 6.07) is 0. The number of halogens is 1. The molecule has 0 aromatic heterocycles. The normalized spacial score (nSPS) is 14.2. The zero-order valence-corrected chi connectivity index (χ0v) is 8.05. The molecule has 0 heterocycles. The van der Waals surface area contributed by atoms with Crippen LogP contribution in [0.3, 0.4) is 0 Å². The Morgan fingerprint density at radius 2 is 1.54 bits per heavy atom. The third kappa shape index (κ3) is 11.2. The molecule has 4 nitrogen and oxygen atoms in total. The van der Waals surface area contributed by atoms with Crippen molar-refractivity contribution in [2.45, 2.75) is 32.1 Å². The van der Waals surface area contributed by atoms with E-state index in [1.54, 1.807) is 0 Å². The minimum absolute atomic E-state index is 0.678. The van der Waals surface area contributed by atoms with Crippen LogP contribution in [0.1, 0.15) is 32.1 Å². The summed E-state index contributed by atoms with van der Waals surface area (Å²) in [6.45, 7) is -0.678. The lowest BCUT2D eigenvalue weighted by Gasteiger charge is -1.90. The average molecular weight is 209 g/mol. The Hall–Kier alpha value is -0.770. The van der Waals surface area contributed by atoms with Gasteiger partial charge in [0.2, 0.25) is 0 Å². The lowest BCUT2D eigenvalue weighted by atomic mass is 10.4. The monoisotopic (exact) mass is 208 g/mol. The summed E-state index contributed by atoms with van der Waals surface area (Å²) < 4.78 is 3.83. The predicted molar refractivity (Wildman–Crippen MR) is 47.9 cm³/mol. The fraction of sp³-hybridized carbons (Fsp3) is 0.750. The molecule has 0 radical (unpaired) electrons. The number of carboxylic acid groups (broad SMARTS) is 1. The molecule has 0 saturated heterocycles. The Labute approximate surface area is 81.8 Å². The van der Waals surface area contributed by atoms with Gasteiger partial charge in [-0.25, -0.2) is 9.59 Å². The molecule has 13 heavy (non-hydrogen) atoms. The molecule has 0 aromatic rings. The average Bonchev–Trinajstić information content (AvgIpc) is 2.57. The third-order valence-corrected chi connectivity index (χ3v) is 1.67. The van der Waals surface area contributed by atoms with Gasteiger partial charge in [0.25, 0.3) is 0 Å². The van der Waals surface area contributed by atoms with Crippen molar-refractivity contribution in [3.05, 3.63) is 0 Å². The molecule has 1 aliphatic rings. The fourth-order valence-corrected chi connectivity index (χ4v) is 1.06. The second-order valence-electron chi connectivity index (χ2n) is 2.69. The SMILES string of the molecule is C1CCCC1.O=C(O)COC(=O)Cl. The van der Waals surface area contributed by atoms with E-state index < -0.39 is 18.0 Å². The second kappa shape index (κ2) is 7.86. The number of rotatable bonds is 2. The fourth-order valence-electron chi connectivity index (χ4n) is 1.00. The van der Waals surface area contributed by atoms with E-state index in [0.717, 1.165) is 0 Å². The van der Waals surface area contributed by atoms with Gasteiger partial charge in [0.15, 0.2) is 6.61 Å². The standard InChI is InChI=1S/C5H10.C3H3ClO4/c1-2-4-5-3-1;4-3(7)8-1-2(5)6/h1-5H2;1H2,(H,5,6). The van der Waals surface area contributed by atoms with Crippen LogP contribution >= 0.6 is 11.6 Å². The van der Waals surface area contributed by atoms with Crippen LogP contribution in [0.25, 0.3) is 0 Å². The Morgan fingerprint density at radius 1 is 1.15 bits per heavy atom. The van der Waals surface area contributed by atoms with Gasteiger partial charge in [-0.05, 0) is 0 Å². The maximum Gasteiger partial charge on any atom is 0.404 e. The van der Waals surface area contributed by atoms with Crippen molar-refractivity contribution in [3.63, 3.8) is 0 Å². The molecule has 0 bridgehead atoms. The van der Waals surface area contributed by atoms with Gasteiger partial charge in [-0.1, -0.05) is 32.1 Å². The Balaban J connectivity index is 0.000000243. The number of carbonyl (C=O) groups is 2. The van der Waals surface area contributed by atoms with Crippen LogP contribution in [-0.2, 0) is 9.53 Å². The highest BCUT2D eigenvalue weighted by Crippen LogP contribution is 2.15. The quantitative estimate of drug-likeness (QED) is 0.708. The van der Waals surface area contributed by atoms with Crippen molar-refractivity contribution in [2.75, 3.05) is 6.61 Å². The number of hydrogen-bond acceptors (Lipinski definition) is 3. The largest absolute Gasteiger partial charge is 0.479 e. The van der Waals surface area contributed by atoms with Gasteiger partial charge in [0.05, 0.1) is 0 Å². The molecule has 0 spiro atoms. The molecule has 0 atom stereocenters. The van der Waals surface area contributed by atoms with Crippen molar-refractivity contribution < 1.29 is 19.4 Å². The molecule has 0 aliphatic heterocycles. The van der Waals surface area contributed by atoms with E-state index in [1.165, 1.54) is 32.1 Å². The lowest BCUT2D eigenvalue weighted by Crippen LogP contribution is -2.07. The van der Waals surface area contributed by atoms with Crippen molar-refractivity contribution in [1.29, 1.82) is 0 Å². The van der Waals surface area contributed by atoms with Crippen molar-refractivity contribution in [1.82, 2.24) is 0 Å². The topological polar surface area (TPSA) is 63.6 Å². The minimum atomic E-state index is -1.22. The van der Waals surface area contributed by atoms with E-state index in [-0.39, 0.29) is 0 Å². The number of hydrogen-bond donors (Lipinski definition) is 1. The van der Waals surface area contributed by atoms with Crippen LogP contribution in [0.4, 0.5) is 4.79 Å². The van der Waals surface area contributed by atoms with Crippen LogP contribution in [0.2, 0.25) is 0 Å². The highest BCUT2D eigenvalue weighted by Gasteiger charge is 1.99. The van der Waals surface area contributed by atoms with Crippen LogP contribution in [-0.4, -0.2) is 23.1 Å². The molecule has 1 rings (SSSR count). The maximum absolute atomic E-state index is 9.63. The van der Waals surface area contributed by atoms with Crippen molar-refractivity contribution >= 4 is 23.0 Å². The molecule has 1 fully saturated rings. The Kier molecular flexibility index (Phi) is 7.39. The van der Waals surface area contributed by atoms with E-state index >= 15 is 0 Å². The van der Waals surface area contributed by atoms with E-state index in [9.17, 15) is 9.59 Å². The number of aliphatic carboxylic acids is 1. The first-order valence-electron chi connectivity index (χ1n) is 4.17. The van der Waals surface area contributed by atoms with Crippen LogP contribution < -0.4 is 0 Å². The Morgan fingerprint density at radius 3 is 1.69 bits per heavy atom. The van der Waals surface area contributed by atoms with Crippen molar-refractivity contribution in [2.24, 2.45) is 0 Å². The predicted octanol–water partition coefficient (Wildman–Crippen LogP) is 2.40. The highest BCUT2D eigenvalue weighted by molar-refractivity contribution is 6.61. The molecule has 76 valence electrons. The number of carboxylic acids is 1. The van der Waals surface area contributed by atoms with Crippen LogP contribution in [0, 0.1) is 0 Å². The molecule has 0 unspecified atom stereocenters. The lowest BCUT2D eigenvalue weighted by molar-refractivity contribution is -0.140. The number of ether oxygens (including phenoxy) is 1. The van der Waals surface area contributed by atoms with Crippen LogP contribution in [0.15, 0.2) is 0 Å². The van der Waals surface area contributed by atoms with E-state index in [2.05, 4.69) is 16.3 Å². The summed E-state index contributed by atoms with van der Waals surface area (Å²) in [5.41, 5.74) is -1.10. The smallest absolute Gasteiger partial charge is 0.404 e. The van der Waals surface area contributed by atoms with Crippen molar-refractivity contribution in [3.8, 4) is 0 Å². The molecule has 0 aromatic carbocycles. The molecule has 1 N–H and O–H groups in total. The zero-order valence-electron chi connectivity index (χ0n) is 7.29. The zero-order chi connectivity index (χ0) is 10.1. The van der Waals surface area contributed by atoms with Gasteiger partial charge in [-0.15, -0.1) is 0 Å². The summed E-state index contributed by atoms with van der Waals surface area (Å²) in [7, 11) is 0. The summed E-state index contributed by atoms with van der Waals surface area (Å²) in [4.78, 5) is 19.2. The first kappa shape index (κ1) is 12.2. The minimum Gasteiger partial charge on any atom is -0.479 e. The molecule has 1 saturated carbocycles. The third-order valence-electron chi connectivity index (χ3n) is 1.56. The van der Waals surface area contributed by atoms with Gasteiger partial charge in [-0.3, -0.25) is 0 Å². The second-order valence-corrected chi connectivity index (χ2v) is 3.00. The molecular weight excluding hydrogens is 196 g/mol. The molecule has 5 heteroatoms. The van der Waals surface area contributed by atoms with E-state index in [0.29, 0.717) is 0 Å². The summed E-state index contributed by atoms with van der Waals surface area (Å²) >= 11 is 4.60. The summed E-state index contributed by atoms with van der Waals surface area (Å²) in [6.07, 6.45) is 7.50. The van der Waals surface area contributed by atoms with Gasteiger partial charge in [-0.2, -0.15) is 0 Å². The number of carbonyl (C=O) groups excluding carboxylic acids is 1. The Bertz CT molecular complexity index is 144. The molecular formula is C8H13ClO4. The van der Waals surface area contributed by atoms with E-state index in [1.807, 2.05) is 0 Å². The van der Waals surface area contributed by atoms with E-state index in [4.69, 9.17) is 5.11 Å². The molecule has 0 amide bonds. The van der Waals surface area contributed by atoms with Crippen LogP contribution in [0.5, 0.6) is 0 Å². The first-order valence-corrected chi connectivity index (χ1v) is 4.55. The highest BCUT2D eigenvalue weighted by atomic mass is 35.5. The maximum atomic E-state index is 9.63. The first-order chi connectivity index (χ1) is 6.13. The van der Waals surface area contributed by atoms with Gasteiger partial charge >= 0.3 is 11.4 Å². The summed E-state index contributed by atoms with van der Waals surface area (Å²) in [5.74, 6) is -1.22. The molecule has 1 aliphatic carbocycles. The van der Waals surface area contributed by atoms with Gasteiger partial charge in [0, 0.05) is 11.6 Å². The van der Waals surface area contributed by atoms with Gasteiger partial charge < -0.3 is 9.84 Å². The summed E-state index contributed by atoms with van der Waals surface area (Å²) in [5, 5.41) is 7.83.